The number of urea groups is 1. The van der Waals surface area contributed by atoms with E-state index in [1.165, 1.54) is 11.3 Å². The van der Waals surface area contributed by atoms with Gasteiger partial charge in [0, 0.05) is 23.9 Å². The second-order valence-corrected chi connectivity index (χ2v) is 5.80. The van der Waals surface area contributed by atoms with E-state index in [2.05, 4.69) is 15.6 Å². The molecule has 1 aromatic heterocycles. The second-order valence-electron chi connectivity index (χ2n) is 4.48. The van der Waals surface area contributed by atoms with Crippen molar-refractivity contribution in [1.29, 1.82) is 0 Å². The zero-order valence-corrected chi connectivity index (χ0v) is 12.1. The van der Waals surface area contributed by atoms with Gasteiger partial charge in [0.05, 0.1) is 11.6 Å². The van der Waals surface area contributed by atoms with Gasteiger partial charge in [0.1, 0.15) is 0 Å². The molecule has 0 aliphatic rings. The number of imide groups is 1. The Morgan fingerprint density at radius 3 is 2.65 bits per heavy atom. The van der Waals surface area contributed by atoms with Crippen LogP contribution in [0.1, 0.15) is 29.7 Å². The number of nitrogens with one attached hydrogen (secondary N) is 2. The quantitative estimate of drug-likeness (QED) is 0.733. The van der Waals surface area contributed by atoms with Crippen LogP contribution in [0, 0.1) is 12.8 Å². The molecule has 1 atom stereocenters. The molecule has 3 N–H and O–H groups in total. The maximum atomic E-state index is 11.5. The van der Waals surface area contributed by atoms with Gasteiger partial charge >= 0.3 is 12.0 Å². The van der Waals surface area contributed by atoms with Gasteiger partial charge in [0.2, 0.25) is 5.91 Å². The maximum Gasteiger partial charge on any atom is 0.321 e. The van der Waals surface area contributed by atoms with Crippen LogP contribution >= 0.6 is 11.3 Å². The second kappa shape index (κ2) is 7.59. The smallest absolute Gasteiger partial charge is 0.321 e. The molecule has 0 fully saturated rings. The van der Waals surface area contributed by atoms with E-state index >= 15 is 0 Å². The van der Waals surface area contributed by atoms with Crippen molar-refractivity contribution >= 4 is 29.2 Å². The predicted octanol–water partition coefficient (Wildman–Crippen LogP) is 1.28. The number of hydrogen-bond acceptors (Lipinski definition) is 5. The third kappa shape index (κ3) is 6.28. The molecule has 8 heteroatoms. The highest BCUT2D eigenvalue weighted by atomic mass is 32.1. The van der Waals surface area contributed by atoms with Crippen molar-refractivity contribution in [2.75, 3.05) is 0 Å². The molecule has 0 saturated carbocycles. The highest BCUT2D eigenvalue weighted by molar-refractivity contribution is 7.11. The summed E-state index contributed by atoms with van der Waals surface area (Å²) in [6.07, 6.45) is 1.56. The fraction of sp³-hybridized carbons (Fsp3) is 0.500. The van der Waals surface area contributed by atoms with Gasteiger partial charge in [-0.1, -0.05) is 6.92 Å². The highest BCUT2D eigenvalue weighted by Gasteiger charge is 2.14. The molecule has 1 rings (SSSR count). The largest absolute Gasteiger partial charge is 0.481 e. The van der Waals surface area contributed by atoms with Crippen LogP contribution < -0.4 is 10.6 Å². The average Bonchev–Trinajstić information content (AvgIpc) is 2.71. The molecule has 0 saturated heterocycles. The zero-order chi connectivity index (χ0) is 15.1. The molecule has 0 aliphatic heterocycles. The van der Waals surface area contributed by atoms with Gasteiger partial charge in [-0.3, -0.25) is 14.9 Å². The molecule has 3 amide bonds. The lowest BCUT2D eigenvalue weighted by atomic mass is 10.0. The normalized spacial score (nSPS) is 11.7. The number of nitrogens with zero attached hydrogens (tertiary/aromatic N) is 1. The van der Waals surface area contributed by atoms with Crippen LogP contribution in [0.4, 0.5) is 4.79 Å². The van der Waals surface area contributed by atoms with Crippen molar-refractivity contribution in [3.05, 3.63) is 16.1 Å². The minimum absolute atomic E-state index is 0.000609. The summed E-state index contributed by atoms with van der Waals surface area (Å²) in [6, 6.07) is -0.594. The monoisotopic (exact) mass is 299 g/mol. The number of amides is 3. The molecule has 0 aromatic carbocycles. The van der Waals surface area contributed by atoms with Crippen molar-refractivity contribution in [1.82, 2.24) is 15.6 Å². The van der Waals surface area contributed by atoms with Crippen LogP contribution in [-0.4, -0.2) is 28.0 Å². The summed E-state index contributed by atoms with van der Waals surface area (Å²) in [7, 11) is 0. The summed E-state index contributed by atoms with van der Waals surface area (Å²) in [5, 5.41) is 14.2. The van der Waals surface area contributed by atoms with Gasteiger partial charge < -0.3 is 10.4 Å². The Labute approximate surface area is 120 Å². The fourth-order valence-corrected chi connectivity index (χ4v) is 2.30. The van der Waals surface area contributed by atoms with Crippen LogP contribution in [-0.2, 0) is 16.1 Å². The number of aliphatic carboxylic acids is 1. The van der Waals surface area contributed by atoms with Crippen molar-refractivity contribution < 1.29 is 19.5 Å². The van der Waals surface area contributed by atoms with E-state index in [1.807, 2.05) is 6.92 Å². The molecular formula is C12H17N3O4S. The van der Waals surface area contributed by atoms with Gasteiger partial charge in [-0.05, 0) is 12.8 Å². The van der Waals surface area contributed by atoms with Gasteiger partial charge in [-0.15, -0.1) is 11.3 Å². The molecule has 20 heavy (non-hydrogen) atoms. The first-order valence-electron chi connectivity index (χ1n) is 6.07. The number of carbonyl (C=O) groups is 3. The topological polar surface area (TPSA) is 108 Å². The Morgan fingerprint density at radius 1 is 1.40 bits per heavy atom. The van der Waals surface area contributed by atoms with E-state index in [0.717, 1.165) is 9.88 Å². The summed E-state index contributed by atoms with van der Waals surface area (Å²) in [5.41, 5.74) is 0. The van der Waals surface area contributed by atoms with Crippen LogP contribution in [0.3, 0.4) is 0 Å². The van der Waals surface area contributed by atoms with E-state index in [0.29, 0.717) is 6.54 Å². The predicted molar refractivity (Wildman–Crippen MR) is 73.3 cm³/mol. The number of carbonyl (C=O) groups excluding carboxylic acids is 2. The molecule has 0 radical (unpaired) electrons. The third-order valence-electron chi connectivity index (χ3n) is 2.40. The van der Waals surface area contributed by atoms with E-state index in [4.69, 9.17) is 5.11 Å². The standard InChI is InChI=1S/C12H17N3O4S/c1-7(4-11(17)18)3-10(16)15-12(19)14-6-9-5-13-8(2)20-9/h5,7H,3-4,6H2,1-2H3,(H,17,18)(H2,14,15,16,19). The Balaban J connectivity index is 2.27. The summed E-state index contributed by atoms with van der Waals surface area (Å²) < 4.78 is 0. The van der Waals surface area contributed by atoms with Gasteiger partial charge in [-0.2, -0.15) is 0 Å². The molecule has 1 aromatic rings. The SMILES string of the molecule is Cc1ncc(CNC(=O)NC(=O)CC(C)CC(=O)O)s1. The lowest BCUT2D eigenvalue weighted by Crippen LogP contribution is -2.39. The number of carboxylic acids is 1. The fourth-order valence-electron chi connectivity index (χ4n) is 1.56. The number of hydrogen-bond donors (Lipinski definition) is 3. The summed E-state index contributed by atoms with van der Waals surface area (Å²) in [5.74, 6) is -1.77. The van der Waals surface area contributed by atoms with Crippen LogP contribution in [0.5, 0.6) is 0 Å². The van der Waals surface area contributed by atoms with Crippen LogP contribution in [0.15, 0.2) is 6.20 Å². The Bertz CT molecular complexity index is 501. The third-order valence-corrected chi connectivity index (χ3v) is 3.31. The zero-order valence-electron chi connectivity index (χ0n) is 11.3. The van der Waals surface area contributed by atoms with Gasteiger partial charge in [0.25, 0.3) is 0 Å². The first-order chi connectivity index (χ1) is 9.36. The number of carboxylic acid groups (broad SMARTS) is 1. The number of aryl methyl sites for hydroxylation is 1. The first-order valence-corrected chi connectivity index (χ1v) is 6.89. The van der Waals surface area contributed by atoms with Crippen LogP contribution in [0.2, 0.25) is 0 Å². The number of aromatic nitrogens is 1. The Morgan fingerprint density at radius 2 is 2.10 bits per heavy atom. The van der Waals surface area contributed by atoms with E-state index in [1.54, 1.807) is 13.1 Å². The molecule has 1 heterocycles. The lowest BCUT2D eigenvalue weighted by molar-refractivity contribution is -0.138. The van der Waals surface area contributed by atoms with Gasteiger partial charge in [-0.25, -0.2) is 9.78 Å². The maximum absolute atomic E-state index is 11.5. The molecule has 7 nitrogen and oxygen atoms in total. The minimum Gasteiger partial charge on any atom is -0.481 e. The Kier molecular flexibility index (Phi) is 6.10. The molecule has 110 valence electrons. The molecular weight excluding hydrogens is 282 g/mol. The summed E-state index contributed by atoms with van der Waals surface area (Å²) >= 11 is 1.46. The minimum atomic E-state index is -0.963. The molecule has 0 spiro atoms. The Hall–Kier alpha value is -1.96. The van der Waals surface area contributed by atoms with Crippen molar-refractivity contribution in [3.8, 4) is 0 Å². The summed E-state index contributed by atoms with van der Waals surface area (Å²) in [4.78, 5) is 38.3. The first kappa shape index (κ1) is 16.1. The van der Waals surface area contributed by atoms with Crippen molar-refractivity contribution in [2.24, 2.45) is 5.92 Å². The number of rotatable bonds is 6. The average molecular weight is 299 g/mol. The van der Waals surface area contributed by atoms with E-state index < -0.39 is 17.9 Å². The summed E-state index contributed by atoms with van der Waals surface area (Å²) in [6.45, 7) is 3.81. The van der Waals surface area contributed by atoms with Gasteiger partial charge in [0.15, 0.2) is 0 Å². The van der Waals surface area contributed by atoms with Crippen molar-refractivity contribution in [2.45, 2.75) is 33.2 Å². The van der Waals surface area contributed by atoms with Crippen LogP contribution in [0.25, 0.3) is 0 Å². The molecule has 0 bridgehead atoms. The number of thiazole rings is 1. The van der Waals surface area contributed by atoms with E-state index in [-0.39, 0.29) is 18.8 Å². The molecule has 1 unspecified atom stereocenters. The highest BCUT2D eigenvalue weighted by Crippen LogP contribution is 2.10. The lowest BCUT2D eigenvalue weighted by Gasteiger charge is -2.09. The molecule has 0 aliphatic carbocycles. The van der Waals surface area contributed by atoms with Crippen molar-refractivity contribution in [3.63, 3.8) is 0 Å². The van der Waals surface area contributed by atoms with E-state index in [9.17, 15) is 14.4 Å².